The lowest BCUT2D eigenvalue weighted by Crippen LogP contribution is -2.22. The molecule has 5 heteroatoms. The molecule has 0 aliphatic carbocycles. The predicted octanol–water partition coefficient (Wildman–Crippen LogP) is 2.11. The number of nitrogens with one attached hydrogen (secondary N) is 1. The molecule has 104 valence electrons. The van der Waals surface area contributed by atoms with Gasteiger partial charge in [-0.05, 0) is 34.5 Å². The van der Waals surface area contributed by atoms with Crippen LogP contribution in [-0.2, 0) is 9.59 Å². The number of rotatable bonds is 6. The maximum absolute atomic E-state index is 10.8. The zero-order valence-electron chi connectivity index (χ0n) is 11.0. The number of carboxylic acid groups (broad SMARTS) is 1. The summed E-state index contributed by atoms with van der Waals surface area (Å²) in [5.74, 6) is -0.197. The molecular weight excluding hydrogens is 258 g/mol. The Hall–Kier alpha value is -2.56. The van der Waals surface area contributed by atoms with Crippen molar-refractivity contribution in [3.8, 4) is 5.75 Å². The van der Waals surface area contributed by atoms with Crippen LogP contribution in [0.25, 0.3) is 10.8 Å². The summed E-state index contributed by atoms with van der Waals surface area (Å²) in [5, 5.41) is 13.4. The Bertz CT molecular complexity index is 639. The van der Waals surface area contributed by atoms with Crippen molar-refractivity contribution in [2.45, 2.75) is 12.5 Å². The molecule has 0 fully saturated rings. The van der Waals surface area contributed by atoms with Gasteiger partial charge in [0.25, 0.3) is 0 Å². The molecule has 2 aromatic carbocycles. The summed E-state index contributed by atoms with van der Waals surface area (Å²) < 4.78 is 5.15. The van der Waals surface area contributed by atoms with Crippen LogP contribution < -0.4 is 10.1 Å². The summed E-state index contributed by atoms with van der Waals surface area (Å²) in [6, 6.07) is 10.7. The second kappa shape index (κ2) is 6.06. The Kier molecular flexibility index (Phi) is 4.20. The van der Waals surface area contributed by atoms with E-state index in [1.165, 1.54) is 0 Å². The van der Waals surface area contributed by atoms with Crippen molar-refractivity contribution < 1.29 is 19.4 Å². The first-order valence-electron chi connectivity index (χ1n) is 6.13. The molecule has 0 heterocycles. The highest BCUT2D eigenvalue weighted by Crippen LogP contribution is 2.25. The lowest BCUT2D eigenvalue weighted by Gasteiger charge is -2.15. The van der Waals surface area contributed by atoms with Crippen molar-refractivity contribution in [3.05, 3.63) is 42.0 Å². The molecule has 0 aromatic heterocycles. The van der Waals surface area contributed by atoms with Gasteiger partial charge in [0.1, 0.15) is 5.75 Å². The third-order valence-corrected chi connectivity index (χ3v) is 3.12. The molecule has 0 saturated carbocycles. The molecule has 0 aliphatic heterocycles. The standard InChI is InChI=1S/C15H15NO4/c1-20-13-5-4-10-6-12(3-2-11(10)7-13)14(16-9-17)8-15(18)19/h2-7,9,14H,8H2,1H3,(H,16,17)(H,18,19)/t14-/m0/s1. The van der Waals surface area contributed by atoms with Crippen LogP contribution in [-0.4, -0.2) is 24.6 Å². The zero-order chi connectivity index (χ0) is 14.5. The number of carbonyl (C=O) groups is 2. The molecule has 20 heavy (non-hydrogen) atoms. The Morgan fingerprint density at radius 1 is 1.30 bits per heavy atom. The van der Waals surface area contributed by atoms with Crippen molar-refractivity contribution in [1.82, 2.24) is 5.32 Å². The second-order valence-electron chi connectivity index (χ2n) is 4.41. The van der Waals surface area contributed by atoms with E-state index in [1.807, 2.05) is 36.4 Å². The first kappa shape index (κ1) is 13.9. The number of amides is 1. The Morgan fingerprint density at radius 2 is 2.00 bits per heavy atom. The smallest absolute Gasteiger partial charge is 0.305 e. The van der Waals surface area contributed by atoms with Crippen LogP contribution in [0.15, 0.2) is 36.4 Å². The Labute approximate surface area is 116 Å². The fourth-order valence-corrected chi connectivity index (χ4v) is 2.12. The normalized spacial score (nSPS) is 11.8. The van der Waals surface area contributed by atoms with E-state index >= 15 is 0 Å². The molecule has 0 bridgehead atoms. The van der Waals surface area contributed by atoms with Gasteiger partial charge in [0.2, 0.25) is 6.41 Å². The van der Waals surface area contributed by atoms with Crippen LogP contribution >= 0.6 is 0 Å². The van der Waals surface area contributed by atoms with E-state index in [1.54, 1.807) is 7.11 Å². The number of fused-ring (bicyclic) bond motifs is 1. The molecule has 1 amide bonds. The number of methoxy groups -OCH3 is 1. The predicted molar refractivity (Wildman–Crippen MR) is 74.7 cm³/mol. The van der Waals surface area contributed by atoms with Gasteiger partial charge >= 0.3 is 5.97 Å². The van der Waals surface area contributed by atoms with E-state index in [-0.39, 0.29) is 6.42 Å². The van der Waals surface area contributed by atoms with E-state index in [0.29, 0.717) is 6.41 Å². The van der Waals surface area contributed by atoms with Crippen molar-refractivity contribution in [2.24, 2.45) is 0 Å². The van der Waals surface area contributed by atoms with Crippen LogP contribution in [0.2, 0.25) is 0 Å². The number of carbonyl (C=O) groups excluding carboxylic acids is 1. The van der Waals surface area contributed by atoms with Gasteiger partial charge < -0.3 is 15.2 Å². The van der Waals surface area contributed by atoms with E-state index in [0.717, 1.165) is 22.1 Å². The molecule has 0 aliphatic rings. The SMILES string of the molecule is COc1ccc2cc([C@H](CC(=O)O)NC=O)ccc2c1. The molecule has 2 N–H and O–H groups in total. The fraction of sp³-hybridized carbons (Fsp3) is 0.200. The number of benzene rings is 2. The fourth-order valence-electron chi connectivity index (χ4n) is 2.12. The van der Waals surface area contributed by atoms with Gasteiger partial charge in [-0.15, -0.1) is 0 Å². The van der Waals surface area contributed by atoms with Crippen LogP contribution in [0, 0.1) is 0 Å². The molecule has 2 aromatic rings. The number of aliphatic carboxylic acids is 1. The summed E-state index contributed by atoms with van der Waals surface area (Å²) in [6.07, 6.45) is 0.367. The largest absolute Gasteiger partial charge is 0.497 e. The topological polar surface area (TPSA) is 75.6 Å². The molecule has 0 radical (unpaired) electrons. The van der Waals surface area contributed by atoms with Crippen LogP contribution in [0.4, 0.5) is 0 Å². The third-order valence-electron chi connectivity index (χ3n) is 3.12. The minimum absolute atomic E-state index is 0.152. The van der Waals surface area contributed by atoms with Gasteiger partial charge in [0.05, 0.1) is 19.6 Å². The van der Waals surface area contributed by atoms with Crippen molar-refractivity contribution >= 4 is 23.2 Å². The molecular formula is C15H15NO4. The second-order valence-corrected chi connectivity index (χ2v) is 4.41. The van der Waals surface area contributed by atoms with E-state index in [2.05, 4.69) is 5.32 Å². The average molecular weight is 273 g/mol. The van der Waals surface area contributed by atoms with Gasteiger partial charge in [0, 0.05) is 0 Å². The lowest BCUT2D eigenvalue weighted by molar-refractivity contribution is -0.137. The van der Waals surface area contributed by atoms with Crippen LogP contribution in [0.5, 0.6) is 5.75 Å². The van der Waals surface area contributed by atoms with Gasteiger partial charge in [-0.2, -0.15) is 0 Å². The highest BCUT2D eigenvalue weighted by molar-refractivity contribution is 5.85. The number of hydrogen-bond donors (Lipinski definition) is 2. The average Bonchev–Trinajstić information content (AvgIpc) is 2.45. The lowest BCUT2D eigenvalue weighted by atomic mass is 10.00. The first-order chi connectivity index (χ1) is 9.63. The molecule has 1 atom stereocenters. The summed E-state index contributed by atoms with van der Waals surface area (Å²) in [4.78, 5) is 21.4. The van der Waals surface area contributed by atoms with Gasteiger partial charge in [-0.25, -0.2) is 0 Å². The number of hydrogen-bond acceptors (Lipinski definition) is 3. The quantitative estimate of drug-likeness (QED) is 0.790. The van der Waals surface area contributed by atoms with Crippen molar-refractivity contribution in [1.29, 1.82) is 0 Å². The van der Waals surface area contributed by atoms with Crippen molar-refractivity contribution in [2.75, 3.05) is 7.11 Å². The highest BCUT2D eigenvalue weighted by atomic mass is 16.5. The molecule has 2 rings (SSSR count). The monoisotopic (exact) mass is 273 g/mol. The van der Waals surface area contributed by atoms with Gasteiger partial charge in [0.15, 0.2) is 0 Å². The summed E-state index contributed by atoms with van der Waals surface area (Å²) >= 11 is 0. The van der Waals surface area contributed by atoms with Gasteiger partial charge in [-0.1, -0.05) is 18.2 Å². The Morgan fingerprint density at radius 3 is 2.65 bits per heavy atom. The zero-order valence-corrected chi connectivity index (χ0v) is 11.0. The molecule has 5 nitrogen and oxygen atoms in total. The number of carboxylic acids is 1. The van der Waals surface area contributed by atoms with E-state index in [4.69, 9.17) is 9.84 Å². The number of ether oxygens (including phenoxy) is 1. The molecule has 0 unspecified atom stereocenters. The van der Waals surface area contributed by atoms with Gasteiger partial charge in [-0.3, -0.25) is 9.59 Å². The third kappa shape index (κ3) is 3.06. The highest BCUT2D eigenvalue weighted by Gasteiger charge is 2.15. The summed E-state index contributed by atoms with van der Waals surface area (Å²) in [6.45, 7) is 0. The minimum Gasteiger partial charge on any atom is -0.497 e. The molecule has 0 saturated heterocycles. The van der Waals surface area contributed by atoms with Crippen LogP contribution in [0.1, 0.15) is 18.0 Å². The van der Waals surface area contributed by atoms with Crippen molar-refractivity contribution in [3.63, 3.8) is 0 Å². The Balaban J connectivity index is 2.38. The van der Waals surface area contributed by atoms with E-state index in [9.17, 15) is 9.59 Å². The minimum atomic E-state index is -0.959. The maximum atomic E-state index is 10.8. The summed E-state index contributed by atoms with van der Waals surface area (Å²) in [7, 11) is 1.60. The maximum Gasteiger partial charge on any atom is 0.305 e. The van der Waals surface area contributed by atoms with E-state index < -0.39 is 12.0 Å². The summed E-state index contributed by atoms with van der Waals surface area (Å²) in [5.41, 5.74) is 0.761. The first-order valence-corrected chi connectivity index (χ1v) is 6.13. The van der Waals surface area contributed by atoms with Crippen LogP contribution in [0.3, 0.4) is 0 Å². The molecule has 0 spiro atoms.